The van der Waals surface area contributed by atoms with Crippen LogP contribution in [0, 0.1) is 23.7 Å². The van der Waals surface area contributed by atoms with Gasteiger partial charge >= 0.3 is 12.0 Å². The van der Waals surface area contributed by atoms with E-state index in [1.54, 1.807) is 4.90 Å². The molecule has 1 unspecified atom stereocenters. The maximum atomic E-state index is 12.0. The molecule has 3 aliphatic rings. The lowest BCUT2D eigenvalue weighted by atomic mass is 9.98. The zero-order chi connectivity index (χ0) is 13.4. The van der Waals surface area contributed by atoms with Crippen molar-refractivity contribution in [3.63, 3.8) is 0 Å². The Morgan fingerprint density at radius 2 is 1.79 bits per heavy atom. The summed E-state index contributed by atoms with van der Waals surface area (Å²) >= 11 is 0. The molecule has 5 heteroatoms. The van der Waals surface area contributed by atoms with Crippen LogP contribution in [-0.4, -0.2) is 41.6 Å². The number of carboxylic acids is 1. The van der Waals surface area contributed by atoms with Crippen molar-refractivity contribution in [3.05, 3.63) is 0 Å². The Kier molecular flexibility index (Phi) is 3.37. The number of amides is 2. The summed E-state index contributed by atoms with van der Waals surface area (Å²) in [6, 6.07) is -0.0740. The summed E-state index contributed by atoms with van der Waals surface area (Å²) in [5, 5.41) is 12.0. The van der Waals surface area contributed by atoms with E-state index >= 15 is 0 Å². The molecule has 0 radical (unpaired) electrons. The Labute approximate surface area is 113 Å². The first-order valence-corrected chi connectivity index (χ1v) is 7.40. The van der Waals surface area contributed by atoms with Gasteiger partial charge in [0.15, 0.2) is 0 Å². The van der Waals surface area contributed by atoms with Crippen LogP contribution in [0.3, 0.4) is 0 Å². The number of carboxylic acid groups (broad SMARTS) is 1. The minimum Gasteiger partial charge on any atom is -0.481 e. The molecule has 3 fully saturated rings. The van der Waals surface area contributed by atoms with Crippen molar-refractivity contribution in [2.75, 3.05) is 19.6 Å². The van der Waals surface area contributed by atoms with Gasteiger partial charge < -0.3 is 15.3 Å². The summed E-state index contributed by atoms with van der Waals surface area (Å²) in [5.41, 5.74) is 0. The zero-order valence-corrected chi connectivity index (χ0v) is 11.2. The predicted molar refractivity (Wildman–Crippen MR) is 69.7 cm³/mol. The van der Waals surface area contributed by atoms with Crippen molar-refractivity contribution in [2.24, 2.45) is 23.7 Å². The second kappa shape index (κ2) is 5.02. The van der Waals surface area contributed by atoms with Crippen molar-refractivity contribution >= 4 is 12.0 Å². The molecule has 1 aliphatic heterocycles. The molecular weight excluding hydrogens is 244 g/mol. The van der Waals surface area contributed by atoms with Crippen molar-refractivity contribution in [3.8, 4) is 0 Å². The highest BCUT2D eigenvalue weighted by atomic mass is 16.4. The van der Waals surface area contributed by atoms with E-state index in [0.29, 0.717) is 25.4 Å². The lowest BCUT2D eigenvalue weighted by molar-refractivity contribution is -0.141. The summed E-state index contributed by atoms with van der Waals surface area (Å²) in [5.74, 6) is 1.16. The van der Waals surface area contributed by atoms with Gasteiger partial charge in [-0.25, -0.2) is 4.79 Å². The second-order valence-electron chi connectivity index (χ2n) is 6.29. The number of likely N-dealkylation sites (tertiary alicyclic amines) is 1. The van der Waals surface area contributed by atoms with Gasteiger partial charge in [0.2, 0.25) is 0 Å². The van der Waals surface area contributed by atoms with Crippen LogP contribution in [0.2, 0.25) is 0 Å². The van der Waals surface area contributed by atoms with Gasteiger partial charge in [0.1, 0.15) is 0 Å². The molecule has 0 aromatic heterocycles. The van der Waals surface area contributed by atoms with Crippen LogP contribution in [0.5, 0.6) is 0 Å². The first-order valence-electron chi connectivity index (χ1n) is 7.40. The third kappa shape index (κ3) is 3.01. The van der Waals surface area contributed by atoms with Crippen LogP contribution in [0.25, 0.3) is 0 Å². The Morgan fingerprint density at radius 1 is 1.16 bits per heavy atom. The molecule has 5 nitrogen and oxygen atoms in total. The quantitative estimate of drug-likeness (QED) is 0.793. The van der Waals surface area contributed by atoms with Crippen molar-refractivity contribution in [2.45, 2.75) is 32.1 Å². The lowest BCUT2D eigenvalue weighted by Gasteiger charge is -2.20. The first kappa shape index (κ1) is 12.8. The lowest BCUT2D eigenvalue weighted by Crippen LogP contribution is -2.41. The molecule has 2 N–H and O–H groups in total. The molecule has 1 heterocycles. The number of nitrogens with zero attached hydrogens (tertiary/aromatic N) is 1. The molecular formula is C14H22N2O3. The molecule has 2 aliphatic carbocycles. The monoisotopic (exact) mass is 266 g/mol. The van der Waals surface area contributed by atoms with Gasteiger partial charge in [0.05, 0.1) is 5.92 Å². The molecule has 0 bridgehead atoms. The highest BCUT2D eigenvalue weighted by molar-refractivity contribution is 5.77. The maximum Gasteiger partial charge on any atom is 0.317 e. The first-order chi connectivity index (χ1) is 9.15. The number of nitrogens with one attached hydrogen (secondary N) is 1. The average Bonchev–Trinajstić information content (AvgIpc) is 3.30. The fourth-order valence-electron chi connectivity index (χ4n) is 3.23. The smallest absolute Gasteiger partial charge is 0.317 e. The van der Waals surface area contributed by atoms with E-state index in [4.69, 9.17) is 5.11 Å². The Bertz CT molecular complexity index is 365. The summed E-state index contributed by atoms with van der Waals surface area (Å²) < 4.78 is 0. The number of aliphatic carboxylic acids is 1. The minimum absolute atomic E-state index is 0.0740. The maximum absolute atomic E-state index is 12.0. The molecule has 0 spiro atoms. The number of urea groups is 1. The molecule has 0 aromatic carbocycles. The fourth-order valence-corrected chi connectivity index (χ4v) is 3.23. The van der Waals surface area contributed by atoms with Crippen LogP contribution < -0.4 is 5.32 Å². The highest BCUT2D eigenvalue weighted by Gasteiger charge is 2.41. The fraction of sp³-hybridized carbons (Fsp3) is 0.857. The van der Waals surface area contributed by atoms with Crippen molar-refractivity contribution in [1.29, 1.82) is 0 Å². The number of hydrogen-bond donors (Lipinski definition) is 2. The number of carbonyl (C=O) groups excluding carboxylic acids is 1. The molecule has 2 amide bonds. The molecule has 106 valence electrons. The highest BCUT2D eigenvalue weighted by Crippen LogP contribution is 2.48. The van der Waals surface area contributed by atoms with E-state index in [2.05, 4.69) is 5.32 Å². The topological polar surface area (TPSA) is 69.6 Å². The van der Waals surface area contributed by atoms with Gasteiger partial charge in [-0.05, 0) is 49.9 Å². The minimum atomic E-state index is -0.788. The van der Waals surface area contributed by atoms with E-state index < -0.39 is 5.97 Å². The van der Waals surface area contributed by atoms with E-state index in [0.717, 1.165) is 18.4 Å². The van der Waals surface area contributed by atoms with Gasteiger partial charge in [0.25, 0.3) is 0 Å². The van der Waals surface area contributed by atoms with E-state index in [1.165, 1.54) is 25.7 Å². The Hall–Kier alpha value is -1.26. The Morgan fingerprint density at radius 3 is 2.26 bits per heavy atom. The third-order valence-electron chi connectivity index (χ3n) is 4.77. The summed E-state index contributed by atoms with van der Waals surface area (Å²) in [6.45, 7) is 1.71. The zero-order valence-electron chi connectivity index (χ0n) is 11.2. The number of carbonyl (C=O) groups is 2. The SMILES string of the molecule is O=C(O)C1CCN(C(=O)NCC(C2CC2)C2CC2)C1. The third-order valence-corrected chi connectivity index (χ3v) is 4.77. The summed E-state index contributed by atoms with van der Waals surface area (Å²) in [6.07, 6.45) is 5.87. The average molecular weight is 266 g/mol. The van der Waals surface area contributed by atoms with Crippen LogP contribution in [0.15, 0.2) is 0 Å². The van der Waals surface area contributed by atoms with Crippen molar-refractivity contribution in [1.82, 2.24) is 10.2 Å². The van der Waals surface area contributed by atoms with Crippen LogP contribution in [-0.2, 0) is 4.79 Å². The van der Waals surface area contributed by atoms with Gasteiger partial charge in [0, 0.05) is 19.6 Å². The van der Waals surface area contributed by atoms with Gasteiger partial charge in [-0.2, -0.15) is 0 Å². The Balaban J connectivity index is 1.44. The summed E-state index contributed by atoms with van der Waals surface area (Å²) in [7, 11) is 0. The van der Waals surface area contributed by atoms with E-state index in [9.17, 15) is 9.59 Å². The van der Waals surface area contributed by atoms with Crippen LogP contribution >= 0.6 is 0 Å². The molecule has 2 saturated carbocycles. The van der Waals surface area contributed by atoms with Gasteiger partial charge in [-0.3, -0.25) is 4.79 Å². The van der Waals surface area contributed by atoms with Gasteiger partial charge in [-0.1, -0.05) is 0 Å². The molecule has 1 atom stereocenters. The number of hydrogen-bond acceptors (Lipinski definition) is 2. The molecule has 1 saturated heterocycles. The van der Waals surface area contributed by atoms with Crippen molar-refractivity contribution < 1.29 is 14.7 Å². The largest absolute Gasteiger partial charge is 0.481 e. The molecule has 0 aromatic rings. The van der Waals surface area contributed by atoms with E-state index in [-0.39, 0.29) is 11.9 Å². The predicted octanol–water partition coefficient (Wildman–Crippen LogP) is 1.54. The van der Waals surface area contributed by atoms with Gasteiger partial charge in [-0.15, -0.1) is 0 Å². The van der Waals surface area contributed by atoms with Crippen LogP contribution in [0.1, 0.15) is 32.1 Å². The van der Waals surface area contributed by atoms with E-state index in [1.807, 2.05) is 0 Å². The standard InChI is InChI=1S/C14H22N2O3/c17-13(18)11-5-6-16(8-11)14(19)15-7-12(9-1-2-9)10-3-4-10/h9-12H,1-8H2,(H,15,19)(H,17,18). The molecule has 19 heavy (non-hydrogen) atoms. The molecule has 3 rings (SSSR count). The number of rotatable bonds is 5. The second-order valence-corrected chi connectivity index (χ2v) is 6.29. The summed E-state index contributed by atoms with van der Waals surface area (Å²) in [4.78, 5) is 24.5. The van der Waals surface area contributed by atoms with Crippen LogP contribution in [0.4, 0.5) is 4.79 Å². The normalized spacial score (nSPS) is 26.8.